The van der Waals surface area contributed by atoms with E-state index in [1.165, 1.54) is 22.7 Å². The standard InChI is InChI=1S/C21H22ClF2N3O4/c1-12-19(21(30)26-14(10-29)4-3-7-28)27-9-13(22)8-18(20(27)25-12)31-11-15-16(23)5-2-6-17(15)24/h2,5-6,8-9,14,28-29H,3-4,7,10-11H2,1H3,(H,26,30)/t14-/m1/s1. The van der Waals surface area contributed by atoms with Gasteiger partial charge in [-0.25, -0.2) is 13.8 Å². The number of ether oxygens (including phenoxy) is 1. The molecular weight excluding hydrogens is 432 g/mol. The number of fused-ring (bicyclic) bond motifs is 1. The van der Waals surface area contributed by atoms with Crippen LogP contribution in [0.25, 0.3) is 5.65 Å². The molecule has 0 aliphatic carbocycles. The van der Waals surface area contributed by atoms with Crippen LogP contribution < -0.4 is 10.1 Å². The molecule has 7 nitrogen and oxygen atoms in total. The Morgan fingerprint density at radius 3 is 2.68 bits per heavy atom. The van der Waals surface area contributed by atoms with Crippen molar-refractivity contribution in [2.75, 3.05) is 13.2 Å². The number of amides is 1. The van der Waals surface area contributed by atoms with Crippen LogP contribution in [0, 0.1) is 18.6 Å². The van der Waals surface area contributed by atoms with Crippen molar-refractivity contribution in [3.8, 4) is 5.75 Å². The van der Waals surface area contributed by atoms with Crippen LogP contribution in [-0.4, -0.2) is 44.8 Å². The van der Waals surface area contributed by atoms with Crippen LogP contribution in [0.2, 0.25) is 5.02 Å². The number of nitrogens with zero attached hydrogens (tertiary/aromatic N) is 2. The molecule has 1 atom stereocenters. The number of aliphatic hydroxyl groups excluding tert-OH is 2. The summed E-state index contributed by atoms with van der Waals surface area (Å²) in [7, 11) is 0. The highest BCUT2D eigenvalue weighted by molar-refractivity contribution is 6.30. The molecule has 10 heteroatoms. The zero-order valence-electron chi connectivity index (χ0n) is 16.7. The molecule has 0 aliphatic rings. The summed E-state index contributed by atoms with van der Waals surface area (Å²) in [6.45, 7) is 0.887. The molecule has 1 amide bonds. The van der Waals surface area contributed by atoms with Gasteiger partial charge < -0.3 is 20.3 Å². The Kier molecular flexibility index (Phi) is 7.42. The number of nitrogens with one attached hydrogen (secondary N) is 1. The van der Waals surface area contributed by atoms with E-state index in [1.807, 2.05) is 0 Å². The molecule has 0 saturated carbocycles. The van der Waals surface area contributed by atoms with E-state index in [0.29, 0.717) is 18.5 Å². The molecule has 0 aliphatic heterocycles. The summed E-state index contributed by atoms with van der Waals surface area (Å²) in [5, 5.41) is 21.4. The number of carbonyl (C=O) groups excluding carboxylic acids is 1. The molecule has 0 radical (unpaired) electrons. The lowest BCUT2D eigenvalue weighted by atomic mass is 10.1. The van der Waals surface area contributed by atoms with Gasteiger partial charge in [-0.3, -0.25) is 9.20 Å². The topological polar surface area (TPSA) is 96.1 Å². The van der Waals surface area contributed by atoms with E-state index < -0.39 is 30.2 Å². The molecule has 31 heavy (non-hydrogen) atoms. The first-order chi connectivity index (χ1) is 14.8. The quantitative estimate of drug-likeness (QED) is 0.463. The first kappa shape index (κ1) is 22.9. The summed E-state index contributed by atoms with van der Waals surface area (Å²) in [5.41, 5.74) is 0.568. The summed E-state index contributed by atoms with van der Waals surface area (Å²) >= 11 is 6.18. The van der Waals surface area contributed by atoms with Crippen molar-refractivity contribution in [3.63, 3.8) is 0 Å². The Labute approximate surface area is 182 Å². The van der Waals surface area contributed by atoms with E-state index in [0.717, 1.165) is 12.1 Å². The summed E-state index contributed by atoms with van der Waals surface area (Å²) in [4.78, 5) is 17.2. The van der Waals surface area contributed by atoms with Gasteiger partial charge in [-0.2, -0.15) is 0 Å². The summed E-state index contributed by atoms with van der Waals surface area (Å²) in [6, 6.07) is 4.43. The van der Waals surface area contributed by atoms with E-state index in [2.05, 4.69) is 10.3 Å². The Hall–Kier alpha value is -2.75. The van der Waals surface area contributed by atoms with Crippen LogP contribution >= 0.6 is 11.6 Å². The molecule has 3 rings (SSSR count). The second kappa shape index (κ2) is 10.0. The molecule has 3 N–H and O–H groups in total. The van der Waals surface area contributed by atoms with E-state index in [4.69, 9.17) is 21.4 Å². The number of halogens is 3. The summed E-state index contributed by atoms with van der Waals surface area (Å²) in [5.74, 6) is -1.82. The van der Waals surface area contributed by atoms with Gasteiger partial charge in [0.1, 0.15) is 23.9 Å². The fourth-order valence-corrected chi connectivity index (χ4v) is 3.39. The number of benzene rings is 1. The maximum absolute atomic E-state index is 13.9. The lowest BCUT2D eigenvalue weighted by Crippen LogP contribution is -2.38. The second-order valence-corrected chi connectivity index (χ2v) is 7.41. The zero-order chi connectivity index (χ0) is 22.5. The molecule has 0 bridgehead atoms. The van der Waals surface area contributed by atoms with Gasteiger partial charge in [0, 0.05) is 18.9 Å². The number of aliphatic hydroxyl groups is 2. The number of aryl methyl sites for hydroxylation is 1. The van der Waals surface area contributed by atoms with Gasteiger partial charge in [-0.15, -0.1) is 0 Å². The molecule has 0 unspecified atom stereocenters. The average molecular weight is 454 g/mol. The van der Waals surface area contributed by atoms with Crippen LogP contribution in [0.15, 0.2) is 30.5 Å². The molecule has 166 valence electrons. The van der Waals surface area contributed by atoms with Gasteiger partial charge in [0.05, 0.1) is 28.9 Å². The minimum absolute atomic E-state index is 0.0556. The van der Waals surface area contributed by atoms with Gasteiger partial charge in [-0.1, -0.05) is 17.7 Å². The fourth-order valence-electron chi connectivity index (χ4n) is 3.20. The van der Waals surface area contributed by atoms with Crippen molar-refractivity contribution >= 4 is 23.2 Å². The third kappa shape index (κ3) is 5.12. The summed E-state index contributed by atoms with van der Waals surface area (Å²) < 4.78 is 34.9. The van der Waals surface area contributed by atoms with Crippen molar-refractivity contribution in [1.29, 1.82) is 0 Å². The Balaban J connectivity index is 1.91. The molecule has 2 heterocycles. The van der Waals surface area contributed by atoms with Gasteiger partial charge in [0.2, 0.25) is 0 Å². The van der Waals surface area contributed by atoms with Crippen molar-refractivity contribution in [1.82, 2.24) is 14.7 Å². The van der Waals surface area contributed by atoms with Crippen LogP contribution in [-0.2, 0) is 6.61 Å². The molecule has 0 spiro atoms. The van der Waals surface area contributed by atoms with Crippen LogP contribution in [0.1, 0.15) is 34.6 Å². The van der Waals surface area contributed by atoms with Crippen molar-refractivity contribution in [3.05, 3.63) is 64.1 Å². The number of aromatic nitrogens is 2. The Morgan fingerprint density at radius 1 is 1.32 bits per heavy atom. The second-order valence-electron chi connectivity index (χ2n) is 6.97. The Morgan fingerprint density at radius 2 is 2.03 bits per heavy atom. The van der Waals surface area contributed by atoms with E-state index in [1.54, 1.807) is 6.92 Å². The zero-order valence-corrected chi connectivity index (χ0v) is 17.5. The Bertz CT molecular complexity index is 1070. The van der Waals surface area contributed by atoms with Crippen molar-refractivity contribution < 1.29 is 28.5 Å². The largest absolute Gasteiger partial charge is 0.485 e. The van der Waals surface area contributed by atoms with Gasteiger partial charge in [0.15, 0.2) is 11.4 Å². The highest BCUT2D eigenvalue weighted by atomic mass is 35.5. The van der Waals surface area contributed by atoms with Gasteiger partial charge in [0.25, 0.3) is 5.91 Å². The monoisotopic (exact) mass is 453 g/mol. The van der Waals surface area contributed by atoms with E-state index >= 15 is 0 Å². The number of imidazole rings is 1. The lowest BCUT2D eigenvalue weighted by molar-refractivity contribution is 0.0902. The normalized spacial score (nSPS) is 12.2. The SMILES string of the molecule is Cc1nc2c(OCc3c(F)cccc3F)cc(Cl)cn2c1C(=O)N[C@@H](CO)CCCO. The minimum Gasteiger partial charge on any atom is -0.485 e. The first-order valence-electron chi connectivity index (χ1n) is 9.62. The third-order valence-electron chi connectivity index (χ3n) is 4.74. The van der Waals surface area contributed by atoms with Gasteiger partial charge >= 0.3 is 0 Å². The fraction of sp³-hybridized carbons (Fsp3) is 0.333. The average Bonchev–Trinajstić information content (AvgIpc) is 3.06. The van der Waals surface area contributed by atoms with Gasteiger partial charge in [-0.05, 0) is 31.9 Å². The number of hydrogen-bond donors (Lipinski definition) is 3. The predicted molar refractivity (Wildman–Crippen MR) is 110 cm³/mol. The molecule has 3 aromatic rings. The minimum atomic E-state index is -0.740. The third-order valence-corrected chi connectivity index (χ3v) is 4.95. The molecule has 1 aromatic carbocycles. The van der Waals surface area contributed by atoms with Crippen LogP contribution in [0.3, 0.4) is 0 Å². The van der Waals surface area contributed by atoms with E-state index in [9.17, 15) is 18.7 Å². The molecular formula is C21H22ClF2N3O4. The van der Waals surface area contributed by atoms with Crippen LogP contribution in [0.4, 0.5) is 8.78 Å². The van der Waals surface area contributed by atoms with E-state index in [-0.39, 0.29) is 40.9 Å². The predicted octanol–water partition coefficient (Wildman–Crippen LogP) is 3.02. The van der Waals surface area contributed by atoms with Crippen molar-refractivity contribution in [2.24, 2.45) is 0 Å². The highest BCUT2D eigenvalue weighted by Crippen LogP contribution is 2.28. The number of hydrogen-bond acceptors (Lipinski definition) is 5. The number of pyridine rings is 1. The molecule has 2 aromatic heterocycles. The number of rotatable bonds is 9. The molecule has 0 fully saturated rings. The summed E-state index contributed by atoms with van der Waals surface area (Å²) in [6.07, 6.45) is 2.30. The molecule has 0 saturated heterocycles. The van der Waals surface area contributed by atoms with Crippen molar-refractivity contribution in [2.45, 2.75) is 32.4 Å². The van der Waals surface area contributed by atoms with Crippen LogP contribution in [0.5, 0.6) is 5.75 Å². The first-order valence-corrected chi connectivity index (χ1v) is 10.00. The number of carbonyl (C=O) groups is 1. The highest BCUT2D eigenvalue weighted by Gasteiger charge is 2.22. The lowest BCUT2D eigenvalue weighted by Gasteiger charge is -2.16. The smallest absolute Gasteiger partial charge is 0.270 e. The maximum Gasteiger partial charge on any atom is 0.270 e. The maximum atomic E-state index is 13.9.